The molecule has 2 aromatic carbocycles. The van der Waals surface area contributed by atoms with Gasteiger partial charge < -0.3 is 5.32 Å². The lowest BCUT2D eigenvalue weighted by Gasteiger charge is -2.23. The van der Waals surface area contributed by atoms with Crippen LogP contribution in [0.15, 0.2) is 54.6 Å². The maximum Gasteiger partial charge on any atom is 0.270 e. The van der Waals surface area contributed by atoms with Crippen LogP contribution < -0.4 is 5.32 Å². The number of carbonyl (C=O) groups excluding carboxylic acids is 1. The van der Waals surface area contributed by atoms with E-state index in [2.05, 4.69) is 57.3 Å². The topological polar surface area (TPSA) is 72.2 Å². The van der Waals surface area contributed by atoms with Crippen molar-refractivity contribution >= 4 is 17.7 Å². The van der Waals surface area contributed by atoms with Gasteiger partial charge in [0.05, 0.1) is 11.0 Å². The largest absolute Gasteiger partial charge is 0.345 e. The van der Waals surface area contributed by atoms with Crippen LogP contribution in [0.5, 0.6) is 0 Å². The molecule has 5 nitrogen and oxygen atoms in total. The molecule has 1 N–H and O–H groups in total. The molecule has 0 unspecified atom stereocenters. The Balaban J connectivity index is 2.10. The maximum atomic E-state index is 12.4. The molecule has 0 radical (unpaired) electrons. The molecule has 0 aromatic heterocycles. The number of non-ortho nitro benzene ring substituents is 1. The van der Waals surface area contributed by atoms with Crippen molar-refractivity contribution < 1.29 is 9.72 Å². The number of carbonyl (C=O) groups is 1. The number of nitro groups is 1. The Bertz CT molecular complexity index is 824. The second-order valence-electron chi connectivity index (χ2n) is 7.24. The summed E-state index contributed by atoms with van der Waals surface area (Å²) in [7, 11) is 0. The third-order valence-corrected chi connectivity index (χ3v) is 4.43. The van der Waals surface area contributed by atoms with Gasteiger partial charge in [0.15, 0.2) is 0 Å². The second kappa shape index (κ2) is 9.12. The number of amides is 1. The van der Waals surface area contributed by atoms with E-state index in [1.807, 2.05) is 0 Å². The number of hydrogen-bond donors (Lipinski definition) is 1. The number of benzene rings is 2. The van der Waals surface area contributed by atoms with Crippen LogP contribution in [0.4, 0.5) is 5.69 Å². The van der Waals surface area contributed by atoms with Crippen LogP contribution in [-0.4, -0.2) is 10.8 Å². The van der Waals surface area contributed by atoms with Crippen molar-refractivity contribution in [2.75, 3.05) is 0 Å². The van der Waals surface area contributed by atoms with Gasteiger partial charge in [-0.25, -0.2) is 0 Å². The zero-order chi connectivity index (χ0) is 20.0. The minimum absolute atomic E-state index is 0.00265. The summed E-state index contributed by atoms with van der Waals surface area (Å²) in [6, 6.07) is 14.4. The van der Waals surface area contributed by atoms with Crippen LogP contribution in [0.1, 0.15) is 56.3 Å². The highest BCUT2D eigenvalue weighted by Crippen LogP contribution is 2.24. The van der Waals surface area contributed by atoms with Gasteiger partial charge in [-0.15, -0.1) is 0 Å². The molecule has 5 heteroatoms. The van der Waals surface area contributed by atoms with Gasteiger partial charge in [0.25, 0.3) is 5.69 Å². The molecule has 0 fully saturated rings. The number of hydrogen-bond acceptors (Lipinski definition) is 3. The Labute approximate surface area is 160 Å². The normalized spacial score (nSPS) is 12.5. The Morgan fingerprint density at radius 3 is 2.22 bits per heavy atom. The van der Waals surface area contributed by atoms with Crippen LogP contribution in [0, 0.1) is 16.0 Å². The first-order valence-electron chi connectivity index (χ1n) is 9.11. The smallest absolute Gasteiger partial charge is 0.270 e. The summed E-state index contributed by atoms with van der Waals surface area (Å²) in [6.45, 7) is 8.42. The van der Waals surface area contributed by atoms with Crippen molar-refractivity contribution in [2.24, 2.45) is 5.92 Å². The minimum Gasteiger partial charge on any atom is -0.345 e. The zero-order valence-corrected chi connectivity index (χ0v) is 16.2. The molecule has 0 aliphatic heterocycles. The van der Waals surface area contributed by atoms with E-state index < -0.39 is 4.92 Å². The third-order valence-electron chi connectivity index (χ3n) is 4.43. The molecule has 0 heterocycles. The van der Waals surface area contributed by atoms with E-state index in [0.717, 1.165) is 5.56 Å². The third kappa shape index (κ3) is 5.78. The molecule has 1 amide bonds. The van der Waals surface area contributed by atoms with Crippen molar-refractivity contribution in [1.82, 2.24) is 5.32 Å². The molecule has 0 saturated heterocycles. The molecule has 1 atom stereocenters. The van der Waals surface area contributed by atoms with E-state index in [1.54, 1.807) is 18.2 Å². The Hall–Kier alpha value is -2.95. The summed E-state index contributed by atoms with van der Waals surface area (Å²) in [5.41, 5.74) is 2.94. The fourth-order valence-corrected chi connectivity index (χ4v) is 2.84. The maximum absolute atomic E-state index is 12.4. The van der Waals surface area contributed by atoms with Crippen LogP contribution in [0.25, 0.3) is 6.08 Å². The molecule has 0 spiro atoms. The second-order valence-corrected chi connectivity index (χ2v) is 7.24. The van der Waals surface area contributed by atoms with E-state index >= 15 is 0 Å². The van der Waals surface area contributed by atoms with E-state index in [1.165, 1.54) is 23.8 Å². The molecule has 0 saturated carbocycles. The van der Waals surface area contributed by atoms with Crippen molar-refractivity contribution in [3.05, 3.63) is 81.4 Å². The number of nitro benzene ring substituents is 1. The summed E-state index contributed by atoms with van der Waals surface area (Å²) in [4.78, 5) is 22.8. The average molecular weight is 366 g/mol. The Kier molecular flexibility index (Phi) is 6.88. The highest BCUT2D eigenvalue weighted by atomic mass is 16.6. The first kappa shape index (κ1) is 20.4. The predicted octanol–water partition coefficient (Wildman–Crippen LogP) is 5.24. The van der Waals surface area contributed by atoms with Crippen molar-refractivity contribution in [1.29, 1.82) is 0 Å². The van der Waals surface area contributed by atoms with Crippen LogP contribution in [-0.2, 0) is 4.79 Å². The summed E-state index contributed by atoms with van der Waals surface area (Å²) in [5.74, 6) is 0.460. The van der Waals surface area contributed by atoms with E-state index in [9.17, 15) is 14.9 Å². The molecular formula is C22H26N2O3. The highest BCUT2D eigenvalue weighted by Gasteiger charge is 2.17. The summed E-state index contributed by atoms with van der Waals surface area (Å²) in [6.07, 6.45) is 3.00. The molecule has 0 aliphatic carbocycles. The summed E-state index contributed by atoms with van der Waals surface area (Å²) < 4.78 is 0. The van der Waals surface area contributed by atoms with Gasteiger partial charge in [-0.05, 0) is 34.6 Å². The molecule has 142 valence electrons. The summed E-state index contributed by atoms with van der Waals surface area (Å²) in [5, 5.41) is 13.9. The molecule has 0 aliphatic rings. The first-order valence-corrected chi connectivity index (χ1v) is 9.11. The monoisotopic (exact) mass is 366 g/mol. The zero-order valence-electron chi connectivity index (χ0n) is 16.2. The molecular weight excluding hydrogens is 340 g/mol. The lowest BCUT2D eigenvalue weighted by atomic mass is 9.93. The lowest BCUT2D eigenvalue weighted by molar-refractivity contribution is -0.384. The van der Waals surface area contributed by atoms with Gasteiger partial charge >= 0.3 is 0 Å². The van der Waals surface area contributed by atoms with Crippen LogP contribution in [0.2, 0.25) is 0 Å². The van der Waals surface area contributed by atoms with Crippen molar-refractivity contribution in [3.8, 4) is 0 Å². The quantitative estimate of drug-likeness (QED) is 0.413. The predicted molar refractivity (Wildman–Crippen MR) is 108 cm³/mol. The number of nitrogens with one attached hydrogen (secondary N) is 1. The Morgan fingerprint density at radius 2 is 1.67 bits per heavy atom. The number of nitrogens with zero attached hydrogens (tertiary/aromatic N) is 1. The van der Waals surface area contributed by atoms with Gasteiger partial charge in [-0.2, -0.15) is 0 Å². The molecule has 2 aromatic rings. The molecule has 0 bridgehead atoms. The van der Waals surface area contributed by atoms with Gasteiger partial charge in [0.2, 0.25) is 5.91 Å². The van der Waals surface area contributed by atoms with Gasteiger partial charge in [0.1, 0.15) is 0 Å². The van der Waals surface area contributed by atoms with Gasteiger partial charge in [-0.3, -0.25) is 14.9 Å². The van der Waals surface area contributed by atoms with Crippen molar-refractivity contribution in [2.45, 2.75) is 39.7 Å². The van der Waals surface area contributed by atoms with Gasteiger partial charge in [0, 0.05) is 18.2 Å². The molecule has 27 heavy (non-hydrogen) atoms. The molecule has 2 rings (SSSR count). The summed E-state index contributed by atoms with van der Waals surface area (Å²) >= 11 is 0. The fourth-order valence-electron chi connectivity index (χ4n) is 2.84. The lowest BCUT2D eigenvalue weighted by Crippen LogP contribution is -2.30. The number of rotatable bonds is 7. The van der Waals surface area contributed by atoms with E-state index in [4.69, 9.17) is 0 Å². The standard InChI is InChI=1S/C22H26N2O3/c1-15(2)18-9-11-19(12-10-18)22(16(3)4)23-21(25)13-8-17-6-5-7-20(14-17)24(26)27/h5-16,22H,1-4H3,(H,23,25)/b13-8+/t22-/m1/s1. The van der Waals surface area contributed by atoms with Crippen LogP contribution in [0.3, 0.4) is 0 Å². The Morgan fingerprint density at radius 1 is 1.04 bits per heavy atom. The van der Waals surface area contributed by atoms with Crippen LogP contribution >= 0.6 is 0 Å². The average Bonchev–Trinajstić information content (AvgIpc) is 2.64. The first-order chi connectivity index (χ1) is 12.8. The highest BCUT2D eigenvalue weighted by molar-refractivity contribution is 5.92. The van der Waals surface area contributed by atoms with Crippen molar-refractivity contribution in [3.63, 3.8) is 0 Å². The SMILES string of the molecule is CC(C)c1ccc([C@H](NC(=O)/C=C/c2cccc([N+](=O)[O-])c2)C(C)C)cc1. The fraction of sp³-hybridized carbons (Fsp3) is 0.318. The van der Waals surface area contributed by atoms with Gasteiger partial charge in [-0.1, -0.05) is 64.1 Å². The van der Waals surface area contributed by atoms with E-state index in [0.29, 0.717) is 11.5 Å². The minimum atomic E-state index is -0.451. The van der Waals surface area contributed by atoms with E-state index in [-0.39, 0.29) is 23.6 Å².